The molecule has 0 saturated heterocycles. The van der Waals surface area contributed by atoms with Gasteiger partial charge in [0, 0.05) is 18.7 Å². The van der Waals surface area contributed by atoms with E-state index in [1.807, 2.05) is 0 Å². The number of aliphatic hydroxyl groups excluding tert-OH is 1. The van der Waals surface area contributed by atoms with Crippen LogP contribution >= 0.6 is 0 Å². The van der Waals surface area contributed by atoms with Crippen molar-refractivity contribution in [2.24, 2.45) is 11.3 Å². The van der Waals surface area contributed by atoms with Crippen molar-refractivity contribution >= 4 is 0 Å². The van der Waals surface area contributed by atoms with Crippen LogP contribution in [0.25, 0.3) is 0 Å². The molecule has 1 aromatic rings. The van der Waals surface area contributed by atoms with Crippen LogP contribution in [-0.2, 0) is 11.3 Å². The molecule has 0 aliphatic carbocycles. The van der Waals surface area contributed by atoms with Gasteiger partial charge in [0.2, 0.25) is 0 Å². The fraction of sp³-hybridized carbons (Fsp3) is 0.647. The second kappa shape index (κ2) is 8.47. The number of hydrogen-bond acceptors (Lipinski definition) is 3. The predicted molar refractivity (Wildman–Crippen MR) is 83.6 cm³/mol. The SMILES string of the molecule is CC(C)C(C)(C)CNCC(O)COCc1ccccc1F. The van der Waals surface area contributed by atoms with E-state index in [9.17, 15) is 9.50 Å². The van der Waals surface area contributed by atoms with Crippen LogP contribution in [-0.4, -0.2) is 30.9 Å². The highest BCUT2D eigenvalue weighted by molar-refractivity contribution is 5.16. The van der Waals surface area contributed by atoms with Gasteiger partial charge < -0.3 is 15.2 Å². The van der Waals surface area contributed by atoms with Crippen molar-refractivity contribution in [1.29, 1.82) is 0 Å². The maximum atomic E-state index is 13.4. The van der Waals surface area contributed by atoms with Crippen molar-refractivity contribution in [2.75, 3.05) is 19.7 Å². The number of ether oxygens (including phenoxy) is 1. The van der Waals surface area contributed by atoms with Crippen molar-refractivity contribution < 1.29 is 14.2 Å². The average Bonchev–Trinajstić information content (AvgIpc) is 2.40. The highest BCUT2D eigenvalue weighted by Gasteiger charge is 2.21. The molecule has 120 valence electrons. The molecule has 21 heavy (non-hydrogen) atoms. The van der Waals surface area contributed by atoms with Gasteiger partial charge in [-0.25, -0.2) is 4.39 Å². The van der Waals surface area contributed by atoms with E-state index in [-0.39, 0.29) is 24.4 Å². The fourth-order valence-corrected chi connectivity index (χ4v) is 1.74. The molecule has 2 N–H and O–H groups in total. The second-order valence-corrected chi connectivity index (χ2v) is 6.53. The maximum absolute atomic E-state index is 13.4. The van der Waals surface area contributed by atoms with Crippen LogP contribution < -0.4 is 5.32 Å². The monoisotopic (exact) mass is 297 g/mol. The Bertz CT molecular complexity index is 421. The molecular formula is C17H28FNO2. The third-order valence-electron chi connectivity index (χ3n) is 4.05. The first-order valence-electron chi connectivity index (χ1n) is 7.53. The summed E-state index contributed by atoms with van der Waals surface area (Å²) in [4.78, 5) is 0. The number of benzene rings is 1. The van der Waals surface area contributed by atoms with E-state index in [0.29, 0.717) is 18.0 Å². The van der Waals surface area contributed by atoms with E-state index in [1.54, 1.807) is 18.2 Å². The van der Waals surface area contributed by atoms with E-state index in [4.69, 9.17) is 4.74 Å². The first-order valence-corrected chi connectivity index (χ1v) is 7.53. The molecule has 3 nitrogen and oxygen atoms in total. The number of rotatable bonds is 9. The number of nitrogens with one attached hydrogen (secondary N) is 1. The largest absolute Gasteiger partial charge is 0.389 e. The Kier molecular flexibility index (Phi) is 7.29. The van der Waals surface area contributed by atoms with Gasteiger partial charge in [-0.15, -0.1) is 0 Å². The minimum Gasteiger partial charge on any atom is -0.389 e. The lowest BCUT2D eigenvalue weighted by Gasteiger charge is -2.30. The first-order chi connectivity index (χ1) is 9.83. The summed E-state index contributed by atoms with van der Waals surface area (Å²) >= 11 is 0. The minimum atomic E-state index is -0.584. The molecule has 0 aromatic heterocycles. The van der Waals surface area contributed by atoms with Crippen LogP contribution in [0.3, 0.4) is 0 Å². The lowest BCUT2D eigenvalue weighted by Crippen LogP contribution is -2.38. The van der Waals surface area contributed by atoms with Crippen LogP contribution in [0.5, 0.6) is 0 Å². The Morgan fingerprint density at radius 3 is 2.57 bits per heavy atom. The summed E-state index contributed by atoms with van der Waals surface area (Å²) < 4.78 is 18.7. The summed E-state index contributed by atoms with van der Waals surface area (Å²) in [5, 5.41) is 13.1. The highest BCUT2D eigenvalue weighted by atomic mass is 19.1. The molecule has 0 bridgehead atoms. The molecule has 1 atom stereocenters. The number of aliphatic hydroxyl groups is 1. The van der Waals surface area contributed by atoms with E-state index >= 15 is 0 Å². The van der Waals surface area contributed by atoms with Crippen LogP contribution in [0.1, 0.15) is 33.3 Å². The van der Waals surface area contributed by atoms with Gasteiger partial charge in [0.1, 0.15) is 5.82 Å². The minimum absolute atomic E-state index is 0.182. The molecule has 0 fully saturated rings. The summed E-state index contributed by atoms with van der Waals surface area (Å²) in [6.07, 6.45) is -0.584. The molecule has 0 aliphatic rings. The van der Waals surface area contributed by atoms with Gasteiger partial charge in [-0.2, -0.15) is 0 Å². The molecule has 0 saturated carbocycles. The molecule has 1 unspecified atom stereocenters. The standard InChI is InChI=1S/C17H28FNO2/c1-13(2)17(3,4)12-19-9-15(20)11-21-10-14-7-5-6-8-16(14)18/h5-8,13,15,19-20H,9-12H2,1-4H3. The first kappa shape index (κ1) is 18.1. The zero-order valence-corrected chi connectivity index (χ0v) is 13.5. The van der Waals surface area contributed by atoms with Crippen molar-refractivity contribution in [2.45, 2.75) is 40.4 Å². The Labute approximate surface area is 127 Å². The zero-order chi connectivity index (χ0) is 15.9. The number of hydrogen-bond donors (Lipinski definition) is 2. The van der Waals surface area contributed by atoms with Crippen LogP contribution in [0.4, 0.5) is 4.39 Å². The second-order valence-electron chi connectivity index (χ2n) is 6.53. The molecule has 0 aliphatic heterocycles. The topological polar surface area (TPSA) is 41.5 Å². The Morgan fingerprint density at radius 1 is 1.29 bits per heavy atom. The van der Waals surface area contributed by atoms with Crippen LogP contribution in [0, 0.1) is 17.2 Å². The van der Waals surface area contributed by atoms with Gasteiger partial charge in [-0.05, 0) is 17.4 Å². The Hall–Kier alpha value is -0.970. The summed E-state index contributed by atoms with van der Waals surface area (Å²) in [6, 6.07) is 6.51. The van der Waals surface area contributed by atoms with Gasteiger partial charge in [-0.1, -0.05) is 45.9 Å². The van der Waals surface area contributed by atoms with Gasteiger partial charge >= 0.3 is 0 Å². The van der Waals surface area contributed by atoms with E-state index in [1.165, 1.54) is 6.07 Å². The van der Waals surface area contributed by atoms with Crippen molar-refractivity contribution in [1.82, 2.24) is 5.32 Å². The van der Waals surface area contributed by atoms with Gasteiger partial charge in [0.25, 0.3) is 0 Å². The third-order valence-corrected chi connectivity index (χ3v) is 4.05. The molecule has 1 aromatic carbocycles. The maximum Gasteiger partial charge on any atom is 0.128 e. The molecule has 4 heteroatoms. The Morgan fingerprint density at radius 2 is 1.95 bits per heavy atom. The molecular weight excluding hydrogens is 269 g/mol. The van der Waals surface area contributed by atoms with E-state index < -0.39 is 6.10 Å². The average molecular weight is 297 g/mol. The fourth-order valence-electron chi connectivity index (χ4n) is 1.74. The molecule has 0 spiro atoms. The lowest BCUT2D eigenvalue weighted by atomic mass is 9.81. The third kappa shape index (κ3) is 6.55. The normalized spacial score (nSPS) is 13.7. The lowest BCUT2D eigenvalue weighted by molar-refractivity contribution is 0.0264. The predicted octanol–water partition coefficient (Wildman–Crippen LogP) is 2.98. The highest BCUT2D eigenvalue weighted by Crippen LogP contribution is 2.24. The summed E-state index contributed by atoms with van der Waals surface area (Å²) in [7, 11) is 0. The van der Waals surface area contributed by atoms with Gasteiger partial charge in [0.15, 0.2) is 0 Å². The van der Waals surface area contributed by atoms with Crippen molar-refractivity contribution in [3.63, 3.8) is 0 Å². The zero-order valence-electron chi connectivity index (χ0n) is 13.5. The van der Waals surface area contributed by atoms with Crippen LogP contribution in [0.15, 0.2) is 24.3 Å². The van der Waals surface area contributed by atoms with Gasteiger partial charge in [0.05, 0.1) is 19.3 Å². The van der Waals surface area contributed by atoms with Gasteiger partial charge in [-0.3, -0.25) is 0 Å². The van der Waals surface area contributed by atoms with E-state index in [2.05, 4.69) is 33.0 Å². The van der Waals surface area contributed by atoms with Crippen molar-refractivity contribution in [3.05, 3.63) is 35.6 Å². The van der Waals surface area contributed by atoms with Crippen molar-refractivity contribution in [3.8, 4) is 0 Å². The summed E-state index contributed by atoms with van der Waals surface area (Å²) in [5.74, 6) is 0.295. The Balaban J connectivity index is 2.20. The molecule has 0 radical (unpaired) electrons. The summed E-state index contributed by atoms with van der Waals surface area (Å²) in [5.41, 5.74) is 0.701. The quantitative estimate of drug-likeness (QED) is 0.736. The molecule has 0 heterocycles. The van der Waals surface area contributed by atoms with E-state index in [0.717, 1.165) is 6.54 Å². The summed E-state index contributed by atoms with van der Waals surface area (Å²) in [6.45, 7) is 10.5. The van der Waals surface area contributed by atoms with Crippen LogP contribution in [0.2, 0.25) is 0 Å². The molecule has 0 amide bonds. The molecule has 1 rings (SSSR count). The smallest absolute Gasteiger partial charge is 0.128 e. The number of halogens is 1.